The topological polar surface area (TPSA) is 49.8 Å². The summed E-state index contributed by atoms with van der Waals surface area (Å²) >= 11 is 3.38. The van der Waals surface area contributed by atoms with Crippen molar-refractivity contribution in [2.75, 3.05) is 25.6 Å². The first-order valence-electron chi connectivity index (χ1n) is 8.34. The summed E-state index contributed by atoms with van der Waals surface area (Å²) in [7, 11) is 0.437. The normalized spacial score (nSPS) is 14.8. The smallest absolute Gasteiger partial charge is 0.264 e. The molecule has 0 saturated heterocycles. The summed E-state index contributed by atoms with van der Waals surface area (Å²) in [5.41, 5.74) is 1.58. The quantitative estimate of drug-likeness (QED) is 0.481. The number of unbranched alkanes of at least 4 members (excludes halogenated alkanes) is 1. The lowest BCUT2D eigenvalue weighted by molar-refractivity contribution is 0.213. The Kier molecular flexibility index (Phi) is 7.26. The second kappa shape index (κ2) is 9.00. The summed E-state index contributed by atoms with van der Waals surface area (Å²) in [6.45, 7) is 2.40. The minimum atomic E-state index is -3.46. The van der Waals surface area contributed by atoms with Gasteiger partial charge < -0.3 is 14.5 Å². The molecule has 2 aromatic rings. The second-order valence-corrected chi connectivity index (χ2v) is 9.49. The van der Waals surface area contributed by atoms with E-state index in [4.69, 9.17) is 4.52 Å². The maximum absolute atomic E-state index is 13.7. The van der Waals surface area contributed by atoms with Crippen LogP contribution in [0.3, 0.4) is 0 Å². The van der Waals surface area contributed by atoms with Crippen LogP contribution in [-0.4, -0.2) is 25.8 Å². The standard InChI is InChI=1S/C19H25BrNO3P/c1-4-5-14-24-25(23,18-12-10-17(11-13-18)21(2)3)19(22)15-6-8-16(20)9-7-15/h6-13,19,22H,4-5,14H2,1-3H3/t19-,25-/m0/s1. The van der Waals surface area contributed by atoms with E-state index in [1.165, 1.54) is 0 Å². The lowest BCUT2D eigenvalue weighted by atomic mass is 10.2. The van der Waals surface area contributed by atoms with Gasteiger partial charge in [-0.15, -0.1) is 0 Å². The minimum absolute atomic E-state index is 0.358. The summed E-state index contributed by atoms with van der Waals surface area (Å²) in [5.74, 6) is -1.19. The molecule has 0 amide bonds. The molecule has 136 valence electrons. The van der Waals surface area contributed by atoms with Crippen molar-refractivity contribution in [3.05, 3.63) is 58.6 Å². The molecule has 0 fully saturated rings. The van der Waals surface area contributed by atoms with Crippen LogP contribution in [0.25, 0.3) is 0 Å². The molecule has 0 aliphatic heterocycles. The number of rotatable bonds is 8. The van der Waals surface area contributed by atoms with Crippen LogP contribution in [0.2, 0.25) is 0 Å². The Morgan fingerprint density at radius 1 is 1.12 bits per heavy atom. The van der Waals surface area contributed by atoms with Crippen LogP contribution < -0.4 is 10.2 Å². The molecule has 2 rings (SSSR count). The molecule has 2 aromatic carbocycles. The molecule has 1 N–H and O–H groups in total. The molecule has 0 radical (unpaired) electrons. The zero-order valence-electron chi connectivity index (χ0n) is 14.9. The Labute approximate surface area is 158 Å². The first-order chi connectivity index (χ1) is 11.9. The fraction of sp³-hybridized carbons (Fsp3) is 0.368. The molecule has 25 heavy (non-hydrogen) atoms. The number of nitrogens with zero attached hydrogens (tertiary/aromatic N) is 1. The van der Waals surface area contributed by atoms with E-state index in [0.29, 0.717) is 17.5 Å². The van der Waals surface area contributed by atoms with Gasteiger partial charge in [0.25, 0.3) is 7.37 Å². The Balaban J connectivity index is 2.38. The highest BCUT2D eigenvalue weighted by Gasteiger charge is 2.36. The number of benzene rings is 2. The highest BCUT2D eigenvalue weighted by Crippen LogP contribution is 2.57. The van der Waals surface area contributed by atoms with Crippen molar-refractivity contribution >= 4 is 34.3 Å². The monoisotopic (exact) mass is 425 g/mol. The van der Waals surface area contributed by atoms with Gasteiger partial charge in [0, 0.05) is 29.6 Å². The van der Waals surface area contributed by atoms with Gasteiger partial charge >= 0.3 is 0 Å². The van der Waals surface area contributed by atoms with E-state index in [1.807, 2.05) is 50.2 Å². The maximum Gasteiger partial charge on any atom is 0.264 e. The largest absolute Gasteiger partial charge is 0.378 e. The molecule has 0 unspecified atom stereocenters. The van der Waals surface area contributed by atoms with Gasteiger partial charge in [-0.05, 0) is 48.4 Å². The fourth-order valence-electron chi connectivity index (χ4n) is 2.42. The van der Waals surface area contributed by atoms with E-state index in [2.05, 4.69) is 15.9 Å². The Bertz CT molecular complexity index is 716. The first kappa shape index (κ1) is 20.2. The molecule has 0 aromatic heterocycles. The predicted molar refractivity (Wildman–Crippen MR) is 108 cm³/mol. The molecule has 0 bridgehead atoms. The van der Waals surface area contributed by atoms with Gasteiger partial charge in [-0.25, -0.2) is 0 Å². The third kappa shape index (κ3) is 4.95. The summed E-state index contributed by atoms with van der Waals surface area (Å²) in [6, 6.07) is 14.5. The highest BCUT2D eigenvalue weighted by atomic mass is 79.9. The average Bonchev–Trinajstić information content (AvgIpc) is 2.62. The number of aliphatic hydroxyl groups is 1. The van der Waals surface area contributed by atoms with Gasteiger partial charge in [-0.2, -0.15) is 0 Å². The zero-order chi connectivity index (χ0) is 18.4. The van der Waals surface area contributed by atoms with Gasteiger partial charge in [0.2, 0.25) is 0 Å². The van der Waals surface area contributed by atoms with Crippen molar-refractivity contribution < 1.29 is 14.2 Å². The number of hydrogen-bond donors (Lipinski definition) is 1. The van der Waals surface area contributed by atoms with E-state index in [0.717, 1.165) is 23.0 Å². The van der Waals surface area contributed by atoms with Crippen LogP contribution in [0, 0.1) is 0 Å². The van der Waals surface area contributed by atoms with Crippen LogP contribution in [0.15, 0.2) is 53.0 Å². The van der Waals surface area contributed by atoms with Crippen LogP contribution in [0.5, 0.6) is 0 Å². The van der Waals surface area contributed by atoms with Gasteiger partial charge in [-0.3, -0.25) is 4.57 Å². The van der Waals surface area contributed by atoms with Gasteiger partial charge in [0.1, 0.15) is 0 Å². The van der Waals surface area contributed by atoms with Gasteiger partial charge in [0.15, 0.2) is 5.85 Å². The summed E-state index contributed by atoms with van der Waals surface area (Å²) < 4.78 is 20.3. The zero-order valence-corrected chi connectivity index (χ0v) is 17.3. The number of aliphatic hydroxyl groups excluding tert-OH is 1. The minimum Gasteiger partial charge on any atom is -0.378 e. The third-order valence-electron chi connectivity index (χ3n) is 4.00. The predicted octanol–water partition coefficient (Wildman–Crippen LogP) is 4.93. The Hall–Kier alpha value is -1.13. The van der Waals surface area contributed by atoms with Crippen LogP contribution >= 0.6 is 23.3 Å². The van der Waals surface area contributed by atoms with Crippen LogP contribution in [-0.2, 0) is 9.09 Å². The summed E-state index contributed by atoms with van der Waals surface area (Å²) in [6.07, 6.45) is 1.74. The van der Waals surface area contributed by atoms with Crippen molar-refractivity contribution in [1.29, 1.82) is 0 Å². The fourth-order valence-corrected chi connectivity index (χ4v) is 4.79. The van der Waals surface area contributed by atoms with Gasteiger partial charge in [-0.1, -0.05) is 41.4 Å². The molecular formula is C19H25BrNO3P. The van der Waals surface area contributed by atoms with Crippen molar-refractivity contribution in [1.82, 2.24) is 0 Å². The molecule has 0 spiro atoms. The first-order valence-corrected chi connectivity index (χ1v) is 10.8. The molecule has 6 heteroatoms. The van der Waals surface area contributed by atoms with Crippen molar-refractivity contribution in [3.8, 4) is 0 Å². The van der Waals surface area contributed by atoms with E-state index in [-0.39, 0.29) is 0 Å². The average molecular weight is 426 g/mol. The Morgan fingerprint density at radius 3 is 2.24 bits per heavy atom. The van der Waals surface area contributed by atoms with E-state index < -0.39 is 13.2 Å². The number of halogens is 1. The number of hydrogen-bond acceptors (Lipinski definition) is 4. The molecule has 4 nitrogen and oxygen atoms in total. The van der Waals surface area contributed by atoms with Crippen molar-refractivity contribution in [2.45, 2.75) is 25.6 Å². The Morgan fingerprint density at radius 2 is 1.72 bits per heavy atom. The SMILES string of the molecule is CCCCO[P@@](=O)(c1ccc(N(C)C)cc1)[C@H](O)c1ccc(Br)cc1. The maximum atomic E-state index is 13.7. The highest BCUT2D eigenvalue weighted by molar-refractivity contribution is 9.10. The summed E-state index contributed by atoms with van der Waals surface area (Å²) in [5, 5.41) is 11.4. The van der Waals surface area contributed by atoms with E-state index >= 15 is 0 Å². The molecule has 2 atom stereocenters. The molecule has 0 heterocycles. The molecule has 0 saturated carbocycles. The van der Waals surface area contributed by atoms with Crippen LogP contribution in [0.1, 0.15) is 31.2 Å². The lowest BCUT2D eigenvalue weighted by Gasteiger charge is -2.25. The number of anilines is 1. The summed E-state index contributed by atoms with van der Waals surface area (Å²) in [4.78, 5) is 1.97. The lowest BCUT2D eigenvalue weighted by Crippen LogP contribution is -2.16. The molecule has 0 aliphatic carbocycles. The van der Waals surface area contributed by atoms with Gasteiger partial charge in [0.05, 0.1) is 6.61 Å². The van der Waals surface area contributed by atoms with Crippen LogP contribution in [0.4, 0.5) is 5.69 Å². The molecular weight excluding hydrogens is 401 g/mol. The van der Waals surface area contributed by atoms with E-state index in [9.17, 15) is 9.67 Å². The second-order valence-electron chi connectivity index (χ2n) is 6.12. The van der Waals surface area contributed by atoms with Crippen molar-refractivity contribution in [2.24, 2.45) is 0 Å². The third-order valence-corrected chi connectivity index (χ3v) is 7.05. The van der Waals surface area contributed by atoms with E-state index in [1.54, 1.807) is 24.3 Å². The van der Waals surface area contributed by atoms with Crippen molar-refractivity contribution in [3.63, 3.8) is 0 Å². The molecule has 0 aliphatic rings.